The van der Waals surface area contributed by atoms with Crippen LogP contribution in [0, 0.1) is 0 Å². The molecule has 2 N–H and O–H groups in total. The van der Waals surface area contributed by atoms with E-state index in [-0.39, 0.29) is 17.6 Å². The van der Waals surface area contributed by atoms with Crippen molar-refractivity contribution in [1.29, 1.82) is 0 Å². The second-order valence-corrected chi connectivity index (χ2v) is 4.28. The lowest BCUT2D eigenvalue weighted by molar-refractivity contribution is -0.0247. The number of aliphatic hydroxyl groups is 1. The van der Waals surface area contributed by atoms with Crippen LogP contribution in [0.1, 0.15) is 0 Å². The molecule has 6 heteroatoms. The van der Waals surface area contributed by atoms with Gasteiger partial charge in [-0.3, -0.25) is 9.80 Å². The molecular weight excluding hydrogens is 202 g/mol. The summed E-state index contributed by atoms with van der Waals surface area (Å²) in [5.74, 6) is 0. The third kappa shape index (κ3) is 1.60. The third-order valence-electron chi connectivity index (χ3n) is 2.31. The summed E-state index contributed by atoms with van der Waals surface area (Å²) in [6.45, 7) is 1.29. The van der Waals surface area contributed by atoms with Crippen LogP contribution in [0.15, 0.2) is 11.6 Å². The van der Waals surface area contributed by atoms with E-state index in [1.54, 1.807) is 29.9 Å². The van der Waals surface area contributed by atoms with Gasteiger partial charge in [0.05, 0.1) is 6.10 Å². The molecule has 2 heterocycles. The quantitative estimate of drug-likeness (QED) is 0.636. The SMILES string of the molecule is CNC(=O)N1C=CSC1N1CC(O)C1. The number of nitrogens with one attached hydrogen (secondary N) is 1. The summed E-state index contributed by atoms with van der Waals surface area (Å²) in [7, 11) is 1.61. The van der Waals surface area contributed by atoms with Crippen molar-refractivity contribution >= 4 is 17.8 Å². The molecule has 0 aromatic carbocycles. The van der Waals surface area contributed by atoms with Crippen molar-refractivity contribution in [2.24, 2.45) is 0 Å². The number of nitrogens with zero attached hydrogens (tertiary/aromatic N) is 2. The van der Waals surface area contributed by atoms with Gasteiger partial charge in [-0.2, -0.15) is 0 Å². The van der Waals surface area contributed by atoms with Gasteiger partial charge in [-0.05, 0) is 5.41 Å². The summed E-state index contributed by atoms with van der Waals surface area (Å²) in [6, 6.07) is -0.113. The van der Waals surface area contributed by atoms with Crippen LogP contribution >= 0.6 is 11.8 Å². The van der Waals surface area contributed by atoms with E-state index >= 15 is 0 Å². The van der Waals surface area contributed by atoms with Crippen LogP contribution in [0.2, 0.25) is 0 Å². The fourth-order valence-corrected chi connectivity index (χ4v) is 2.52. The molecular formula is C8H13N3O2S. The van der Waals surface area contributed by atoms with Crippen LogP contribution in [0.3, 0.4) is 0 Å². The average molecular weight is 215 g/mol. The zero-order chi connectivity index (χ0) is 10.1. The zero-order valence-electron chi connectivity index (χ0n) is 7.88. The Morgan fingerprint density at radius 1 is 1.64 bits per heavy atom. The smallest absolute Gasteiger partial charge is 0.323 e. The molecule has 1 atom stereocenters. The molecule has 78 valence electrons. The van der Waals surface area contributed by atoms with Gasteiger partial charge in [0, 0.05) is 26.3 Å². The summed E-state index contributed by atoms with van der Waals surface area (Å²) >= 11 is 1.58. The number of carbonyl (C=O) groups excluding carboxylic acids is 1. The summed E-state index contributed by atoms with van der Waals surface area (Å²) in [5, 5.41) is 13.6. The van der Waals surface area contributed by atoms with Crippen molar-refractivity contribution in [3.63, 3.8) is 0 Å². The van der Waals surface area contributed by atoms with Gasteiger partial charge in [-0.25, -0.2) is 4.79 Å². The molecule has 14 heavy (non-hydrogen) atoms. The molecule has 2 aliphatic heterocycles. The van der Waals surface area contributed by atoms with E-state index in [0.717, 1.165) is 0 Å². The first-order chi connectivity index (χ1) is 6.72. The molecule has 1 fully saturated rings. The third-order valence-corrected chi connectivity index (χ3v) is 3.36. The highest BCUT2D eigenvalue weighted by Crippen LogP contribution is 2.30. The number of β-amino-alcohol motifs (C(OH)–C–C–N with tert-alkyl or cyclic N) is 1. The number of aliphatic hydroxyl groups excluding tert-OH is 1. The number of likely N-dealkylation sites (tertiary alicyclic amines) is 1. The normalized spacial score (nSPS) is 27.9. The molecule has 1 saturated heterocycles. The van der Waals surface area contributed by atoms with Gasteiger partial charge < -0.3 is 10.4 Å². The predicted molar refractivity (Wildman–Crippen MR) is 54.4 cm³/mol. The molecule has 0 aliphatic carbocycles. The van der Waals surface area contributed by atoms with E-state index in [4.69, 9.17) is 0 Å². The van der Waals surface area contributed by atoms with Crippen molar-refractivity contribution < 1.29 is 9.90 Å². The van der Waals surface area contributed by atoms with Crippen molar-refractivity contribution in [1.82, 2.24) is 15.1 Å². The van der Waals surface area contributed by atoms with E-state index < -0.39 is 0 Å². The van der Waals surface area contributed by atoms with Crippen LogP contribution in [0.5, 0.6) is 0 Å². The minimum Gasteiger partial charge on any atom is -0.390 e. The summed E-state index contributed by atoms with van der Waals surface area (Å²) in [5.41, 5.74) is 0.0124. The molecule has 0 aromatic heterocycles. The molecule has 0 saturated carbocycles. The lowest BCUT2D eigenvalue weighted by Gasteiger charge is -2.42. The molecule has 0 radical (unpaired) electrons. The number of carbonyl (C=O) groups is 1. The van der Waals surface area contributed by atoms with Crippen LogP contribution in [0.25, 0.3) is 0 Å². The Kier molecular flexibility index (Phi) is 2.66. The molecule has 1 unspecified atom stereocenters. The van der Waals surface area contributed by atoms with Crippen molar-refractivity contribution in [2.75, 3.05) is 20.1 Å². The monoisotopic (exact) mass is 215 g/mol. The summed E-state index contributed by atoms with van der Waals surface area (Å²) in [6.07, 6.45) is 1.53. The van der Waals surface area contributed by atoms with Crippen molar-refractivity contribution in [2.45, 2.75) is 11.6 Å². The van der Waals surface area contributed by atoms with Gasteiger partial charge in [0.2, 0.25) is 0 Å². The second kappa shape index (κ2) is 3.80. The van der Waals surface area contributed by atoms with Gasteiger partial charge in [-0.15, -0.1) is 0 Å². The van der Waals surface area contributed by atoms with E-state index in [0.29, 0.717) is 13.1 Å². The first-order valence-corrected chi connectivity index (χ1v) is 5.41. The number of hydrogen-bond donors (Lipinski definition) is 2. The lowest BCUT2D eigenvalue weighted by atomic mass is 10.2. The number of hydrogen-bond acceptors (Lipinski definition) is 4. The highest BCUT2D eigenvalue weighted by molar-refractivity contribution is 8.02. The molecule has 0 aromatic rings. The first-order valence-electron chi connectivity index (χ1n) is 4.46. The van der Waals surface area contributed by atoms with Crippen LogP contribution in [0.4, 0.5) is 4.79 Å². The number of urea groups is 1. The zero-order valence-corrected chi connectivity index (χ0v) is 8.70. The summed E-state index contributed by atoms with van der Waals surface area (Å²) in [4.78, 5) is 15.1. The van der Waals surface area contributed by atoms with Gasteiger partial charge in [-0.1, -0.05) is 11.8 Å². The van der Waals surface area contributed by atoms with Gasteiger partial charge in [0.1, 0.15) is 5.50 Å². The van der Waals surface area contributed by atoms with Crippen molar-refractivity contribution in [3.05, 3.63) is 11.6 Å². The predicted octanol–water partition coefficient (Wildman–Crippen LogP) is -0.194. The molecule has 2 aliphatic rings. The van der Waals surface area contributed by atoms with E-state index in [9.17, 15) is 9.90 Å². The molecule has 0 bridgehead atoms. The Hall–Kier alpha value is -0.720. The minimum atomic E-state index is -0.234. The number of amides is 2. The first kappa shape index (κ1) is 9.82. The Labute approximate surface area is 86.7 Å². The van der Waals surface area contributed by atoms with E-state index in [1.165, 1.54) is 0 Å². The standard InChI is InChI=1S/C8H13N3O2S/c1-9-7(13)11-2-3-14-8(11)10-4-6(12)5-10/h2-3,6,8,12H,4-5H2,1H3,(H,9,13). The molecule has 0 spiro atoms. The maximum absolute atomic E-state index is 11.4. The molecule has 5 nitrogen and oxygen atoms in total. The highest BCUT2D eigenvalue weighted by atomic mass is 32.2. The van der Waals surface area contributed by atoms with Crippen LogP contribution in [-0.4, -0.2) is 52.7 Å². The lowest BCUT2D eigenvalue weighted by Crippen LogP contribution is -2.59. The van der Waals surface area contributed by atoms with Crippen LogP contribution in [-0.2, 0) is 0 Å². The fraction of sp³-hybridized carbons (Fsp3) is 0.625. The highest BCUT2D eigenvalue weighted by Gasteiger charge is 2.37. The van der Waals surface area contributed by atoms with E-state index in [2.05, 4.69) is 10.2 Å². The Morgan fingerprint density at radius 2 is 2.36 bits per heavy atom. The average Bonchev–Trinajstić information content (AvgIpc) is 2.59. The molecule has 2 rings (SSSR count). The largest absolute Gasteiger partial charge is 0.390 e. The van der Waals surface area contributed by atoms with Gasteiger partial charge >= 0.3 is 6.03 Å². The van der Waals surface area contributed by atoms with Crippen molar-refractivity contribution in [3.8, 4) is 0 Å². The maximum atomic E-state index is 11.4. The fourth-order valence-electron chi connectivity index (χ4n) is 1.54. The van der Waals surface area contributed by atoms with Gasteiger partial charge in [0.25, 0.3) is 0 Å². The number of thioether (sulfide) groups is 1. The Bertz CT molecular complexity index is 265. The van der Waals surface area contributed by atoms with E-state index in [1.807, 2.05) is 5.41 Å². The van der Waals surface area contributed by atoms with Crippen LogP contribution < -0.4 is 5.32 Å². The Balaban J connectivity index is 1.96. The maximum Gasteiger partial charge on any atom is 0.323 e. The minimum absolute atomic E-state index is 0.0124. The number of rotatable bonds is 1. The Morgan fingerprint density at radius 3 is 2.93 bits per heavy atom. The molecule has 2 amide bonds. The van der Waals surface area contributed by atoms with Gasteiger partial charge in [0.15, 0.2) is 0 Å². The topological polar surface area (TPSA) is 55.8 Å². The second-order valence-electron chi connectivity index (χ2n) is 3.32. The summed E-state index contributed by atoms with van der Waals surface area (Å²) < 4.78 is 0.